The molecule has 5 rings (SSSR count). The predicted octanol–water partition coefficient (Wildman–Crippen LogP) is 4.50. The van der Waals surface area contributed by atoms with Crippen LogP contribution in [0.25, 0.3) is 21.3 Å². The van der Waals surface area contributed by atoms with Gasteiger partial charge in [0.25, 0.3) is 11.2 Å². The Bertz CT molecular complexity index is 1420. The zero-order chi connectivity index (χ0) is 23.8. The van der Waals surface area contributed by atoms with Crippen LogP contribution in [-0.2, 0) is 6.54 Å². The second-order valence-electron chi connectivity index (χ2n) is 8.60. The molecule has 9 heteroatoms. The SMILES string of the molecule is Cc1ccc(-c2c(C)sc3nc(CN4CCN(c5ccccc5[N+](=O)[O-])CC4)[nH]c(=O)c23)cc1. The minimum absolute atomic E-state index is 0.113. The standard InChI is InChI=1S/C25H25N5O3S/c1-16-7-9-18(10-8-16)22-17(2)34-25-23(22)24(31)26-21(27-25)15-28-11-13-29(14-12-28)19-5-3-4-6-20(19)30(32)33/h3-10H,11-15H2,1-2H3,(H,26,27,31). The number of hydrogen-bond acceptors (Lipinski definition) is 7. The van der Waals surface area contributed by atoms with Crippen molar-refractivity contribution < 1.29 is 4.92 Å². The maximum absolute atomic E-state index is 13.1. The van der Waals surface area contributed by atoms with Gasteiger partial charge in [-0.1, -0.05) is 42.0 Å². The van der Waals surface area contributed by atoms with Gasteiger partial charge in [0, 0.05) is 42.7 Å². The molecule has 0 unspecified atom stereocenters. The number of thiophene rings is 1. The lowest BCUT2D eigenvalue weighted by molar-refractivity contribution is -0.384. The third-order valence-electron chi connectivity index (χ3n) is 6.29. The van der Waals surface area contributed by atoms with E-state index in [4.69, 9.17) is 4.98 Å². The van der Waals surface area contributed by atoms with Crippen LogP contribution in [0.3, 0.4) is 0 Å². The molecule has 1 aliphatic rings. The summed E-state index contributed by atoms with van der Waals surface area (Å²) >= 11 is 1.55. The van der Waals surface area contributed by atoms with Gasteiger partial charge >= 0.3 is 0 Å². The maximum Gasteiger partial charge on any atom is 0.292 e. The fourth-order valence-corrected chi connectivity index (χ4v) is 5.62. The van der Waals surface area contributed by atoms with Crippen LogP contribution < -0.4 is 10.5 Å². The van der Waals surface area contributed by atoms with Gasteiger partial charge in [-0.25, -0.2) is 4.98 Å². The van der Waals surface area contributed by atoms with Crippen LogP contribution in [0.15, 0.2) is 53.3 Å². The minimum atomic E-state index is -0.334. The molecule has 0 amide bonds. The normalized spacial score (nSPS) is 14.6. The van der Waals surface area contributed by atoms with Gasteiger partial charge in [-0.2, -0.15) is 0 Å². The molecule has 1 aliphatic heterocycles. The van der Waals surface area contributed by atoms with Crippen molar-refractivity contribution in [2.75, 3.05) is 31.1 Å². The highest BCUT2D eigenvalue weighted by Crippen LogP contribution is 2.35. The van der Waals surface area contributed by atoms with Gasteiger partial charge in [0.2, 0.25) is 0 Å². The average Bonchev–Trinajstić information content (AvgIpc) is 3.16. The zero-order valence-electron chi connectivity index (χ0n) is 19.1. The third kappa shape index (κ3) is 4.20. The van der Waals surface area contributed by atoms with E-state index in [1.54, 1.807) is 29.5 Å². The molecular formula is C25H25N5O3S. The quantitative estimate of drug-likeness (QED) is 0.337. The number of para-hydroxylation sites is 2. The van der Waals surface area contributed by atoms with E-state index in [0.29, 0.717) is 36.5 Å². The molecule has 8 nitrogen and oxygen atoms in total. The van der Waals surface area contributed by atoms with E-state index in [2.05, 4.69) is 22.0 Å². The summed E-state index contributed by atoms with van der Waals surface area (Å²) in [6, 6.07) is 15.1. The van der Waals surface area contributed by atoms with Crippen LogP contribution in [0, 0.1) is 24.0 Å². The van der Waals surface area contributed by atoms with Crippen LogP contribution in [0.4, 0.5) is 11.4 Å². The van der Waals surface area contributed by atoms with Gasteiger partial charge in [0.05, 0.1) is 16.9 Å². The fourth-order valence-electron chi connectivity index (χ4n) is 4.55. The number of hydrogen-bond donors (Lipinski definition) is 1. The van der Waals surface area contributed by atoms with Gasteiger partial charge in [-0.15, -0.1) is 11.3 Å². The molecule has 1 fully saturated rings. The summed E-state index contributed by atoms with van der Waals surface area (Å²) in [5.74, 6) is 0.647. The maximum atomic E-state index is 13.1. The smallest absolute Gasteiger partial charge is 0.292 e. The van der Waals surface area contributed by atoms with Crippen molar-refractivity contribution in [1.29, 1.82) is 0 Å². The summed E-state index contributed by atoms with van der Waals surface area (Å²) in [6.07, 6.45) is 0. The molecule has 1 N–H and O–H groups in total. The molecule has 3 heterocycles. The first-order valence-corrected chi connectivity index (χ1v) is 12.0. The summed E-state index contributed by atoms with van der Waals surface area (Å²) in [5, 5.41) is 12.0. The molecule has 4 aromatic rings. The molecule has 0 radical (unpaired) electrons. The Morgan fingerprint density at radius 2 is 1.76 bits per heavy atom. The van der Waals surface area contributed by atoms with Crippen molar-refractivity contribution in [3.05, 3.63) is 85.3 Å². The second-order valence-corrected chi connectivity index (χ2v) is 9.80. The lowest BCUT2D eigenvalue weighted by Gasteiger charge is -2.35. The molecule has 0 atom stereocenters. The van der Waals surface area contributed by atoms with Gasteiger partial charge in [0.1, 0.15) is 16.3 Å². The summed E-state index contributed by atoms with van der Waals surface area (Å²) in [4.78, 5) is 38.0. The Balaban J connectivity index is 1.34. The number of H-pyrrole nitrogens is 1. The lowest BCUT2D eigenvalue weighted by Crippen LogP contribution is -2.46. The van der Waals surface area contributed by atoms with Gasteiger partial charge < -0.3 is 9.88 Å². The van der Waals surface area contributed by atoms with Crippen LogP contribution in [0.1, 0.15) is 16.3 Å². The Morgan fingerprint density at radius 3 is 2.47 bits per heavy atom. The zero-order valence-corrected chi connectivity index (χ0v) is 19.9. The van der Waals surface area contributed by atoms with E-state index in [-0.39, 0.29) is 16.2 Å². The van der Waals surface area contributed by atoms with E-state index in [1.165, 1.54) is 5.56 Å². The van der Waals surface area contributed by atoms with E-state index < -0.39 is 0 Å². The number of aryl methyl sites for hydroxylation is 2. The van der Waals surface area contributed by atoms with Gasteiger partial charge in [0.15, 0.2) is 0 Å². The summed E-state index contributed by atoms with van der Waals surface area (Å²) in [7, 11) is 0. The predicted molar refractivity (Wildman–Crippen MR) is 136 cm³/mol. The van der Waals surface area contributed by atoms with E-state index in [9.17, 15) is 14.9 Å². The second kappa shape index (κ2) is 9.00. The molecule has 0 bridgehead atoms. The summed E-state index contributed by atoms with van der Waals surface area (Å²) in [6.45, 7) is 7.41. The highest BCUT2D eigenvalue weighted by Gasteiger charge is 2.24. The topological polar surface area (TPSA) is 95.4 Å². The average molecular weight is 476 g/mol. The Labute approximate surface area is 200 Å². The Hall–Kier alpha value is -3.56. The molecule has 0 spiro atoms. The first kappa shape index (κ1) is 22.2. The number of aromatic nitrogens is 2. The first-order valence-electron chi connectivity index (χ1n) is 11.2. The van der Waals surface area contributed by atoms with Crippen LogP contribution in [0.2, 0.25) is 0 Å². The third-order valence-corrected chi connectivity index (χ3v) is 7.29. The molecule has 2 aromatic heterocycles. The molecule has 0 aliphatic carbocycles. The molecule has 174 valence electrons. The number of rotatable bonds is 5. The number of nitro benzene ring substituents is 1. The monoisotopic (exact) mass is 475 g/mol. The minimum Gasteiger partial charge on any atom is -0.363 e. The largest absolute Gasteiger partial charge is 0.363 e. The number of nitro groups is 1. The fraction of sp³-hybridized carbons (Fsp3) is 0.280. The summed E-state index contributed by atoms with van der Waals surface area (Å²) in [5.41, 5.74) is 3.83. The number of piperazine rings is 1. The van der Waals surface area contributed by atoms with E-state index in [0.717, 1.165) is 33.9 Å². The molecule has 34 heavy (non-hydrogen) atoms. The van der Waals surface area contributed by atoms with Crippen molar-refractivity contribution in [3.63, 3.8) is 0 Å². The molecule has 1 saturated heterocycles. The number of anilines is 1. The van der Waals surface area contributed by atoms with Crippen molar-refractivity contribution in [1.82, 2.24) is 14.9 Å². The van der Waals surface area contributed by atoms with Crippen molar-refractivity contribution >= 4 is 32.9 Å². The Morgan fingerprint density at radius 1 is 1.06 bits per heavy atom. The molecular weight excluding hydrogens is 450 g/mol. The van der Waals surface area contributed by atoms with E-state index in [1.807, 2.05) is 36.9 Å². The number of aromatic amines is 1. The number of nitrogens with zero attached hydrogens (tertiary/aromatic N) is 4. The van der Waals surface area contributed by atoms with E-state index >= 15 is 0 Å². The Kier molecular flexibility index (Phi) is 5.89. The number of fused-ring (bicyclic) bond motifs is 1. The molecule has 0 saturated carbocycles. The van der Waals surface area contributed by atoms with Gasteiger partial charge in [-0.3, -0.25) is 19.8 Å². The van der Waals surface area contributed by atoms with Crippen LogP contribution in [0.5, 0.6) is 0 Å². The highest BCUT2D eigenvalue weighted by molar-refractivity contribution is 7.19. The first-order chi connectivity index (χ1) is 16.4. The van der Waals surface area contributed by atoms with Crippen LogP contribution in [-0.4, -0.2) is 46.0 Å². The van der Waals surface area contributed by atoms with Crippen LogP contribution >= 0.6 is 11.3 Å². The number of nitrogens with one attached hydrogen (secondary N) is 1. The number of benzene rings is 2. The van der Waals surface area contributed by atoms with Crippen molar-refractivity contribution in [2.24, 2.45) is 0 Å². The highest BCUT2D eigenvalue weighted by atomic mass is 32.1. The molecule has 2 aromatic carbocycles. The van der Waals surface area contributed by atoms with Crippen molar-refractivity contribution in [3.8, 4) is 11.1 Å². The lowest BCUT2D eigenvalue weighted by atomic mass is 10.0. The van der Waals surface area contributed by atoms with Crippen molar-refractivity contribution in [2.45, 2.75) is 20.4 Å². The van der Waals surface area contributed by atoms with Gasteiger partial charge in [-0.05, 0) is 25.5 Å². The summed E-state index contributed by atoms with van der Waals surface area (Å²) < 4.78 is 0.